The number of pyridine rings is 1. The fourth-order valence-corrected chi connectivity index (χ4v) is 1.99. The number of rotatable bonds is 4. The predicted molar refractivity (Wildman–Crippen MR) is 80.1 cm³/mol. The highest BCUT2D eigenvalue weighted by Crippen LogP contribution is 2.18. The van der Waals surface area contributed by atoms with Gasteiger partial charge < -0.3 is 5.32 Å². The Kier molecular flexibility index (Phi) is 4.75. The molecule has 2 aromatic rings. The number of thioether (sulfide) groups is 1. The highest BCUT2D eigenvalue weighted by atomic mass is 32.2. The van der Waals surface area contributed by atoms with Crippen LogP contribution in [0, 0.1) is 0 Å². The van der Waals surface area contributed by atoms with Crippen LogP contribution in [0.2, 0.25) is 0 Å². The first-order chi connectivity index (χ1) is 9.28. The Bertz CT molecular complexity index is 582. The van der Waals surface area contributed by atoms with Crippen LogP contribution in [0.4, 0.5) is 5.69 Å². The maximum Gasteiger partial charge on any atom is 0.248 e. The molecule has 4 heteroatoms. The zero-order valence-corrected chi connectivity index (χ0v) is 11.4. The molecule has 1 amide bonds. The molecule has 96 valence electrons. The Morgan fingerprint density at radius 1 is 1.26 bits per heavy atom. The first-order valence-corrected chi connectivity index (χ1v) is 7.03. The molecule has 0 fully saturated rings. The highest BCUT2D eigenvalue weighted by molar-refractivity contribution is 7.98. The van der Waals surface area contributed by atoms with Gasteiger partial charge in [0.25, 0.3) is 0 Å². The zero-order chi connectivity index (χ0) is 13.5. The van der Waals surface area contributed by atoms with Gasteiger partial charge in [-0.05, 0) is 48.2 Å². The van der Waals surface area contributed by atoms with Gasteiger partial charge in [-0.25, -0.2) is 0 Å². The third kappa shape index (κ3) is 4.26. The molecule has 1 aromatic heterocycles. The highest BCUT2D eigenvalue weighted by Gasteiger charge is 1.98. The van der Waals surface area contributed by atoms with E-state index >= 15 is 0 Å². The second kappa shape index (κ2) is 6.75. The van der Waals surface area contributed by atoms with Crippen molar-refractivity contribution in [3.05, 3.63) is 60.4 Å². The van der Waals surface area contributed by atoms with Gasteiger partial charge in [-0.1, -0.05) is 6.07 Å². The van der Waals surface area contributed by atoms with Gasteiger partial charge in [0.15, 0.2) is 0 Å². The van der Waals surface area contributed by atoms with Crippen LogP contribution in [0.5, 0.6) is 0 Å². The average molecular weight is 270 g/mol. The molecule has 3 nitrogen and oxygen atoms in total. The van der Waals surface area contributed by atoms with Crippen LogP contribution in [-0.2, 0) is 4.79 Å². The second-order valence-corrected chi connectivity index (χ2v) is 4.71. The molecule has 0 aliphatic carbocycles. The Balaban J connectivity index is 1.99. The summed E-state index contributed by atoms with van der Waals surface area (Å²) in [6, 6.07) is 11.4. The minimum Gasteiger partial charge on any atom is -0.322 e. The minimum atomic E-state index is -0.143. The van der Waals surface area contributed by atoms with Gasteiger partial charge in [0.05, 0.1) is 0 Å². The van der Waals surface area contributed by atoms with Crippen molar-refractivity contribution < 1.29 is 4.79 Å². The summed E-state index contributed by atoms with van der Waals surface area (Å²) in [7, 11) is 0. The molecule has 0 unspecified atom stereocenters. The van der Waals surface area contributed by atoms with Gasteiger partial charge in [0.1, 0.15) is 0 Å². The molecule has 0 bridgehead atoms. The fourth-order valence-electron chi connectivity index (χ4n) is 1.53. The van der Waals surface area contributed by atoms with Gasteiger partial charge in [-0.15, -0.1) is 11.8 Å². The summed E-state index contributed by atoms with van der Waals surface area (Å²) in [5, 5.41) is 2.83. The van der Waals surface area contributed by atoms with Crippen molar-refractivity contribution in [2.45, 2.75) is 4.90 Å². The number of aromatic nitrogens is 1. The molecule has 0 spiro atoms. The van der Waals surface area contributed by atoms with E-state index in [1.165, 1.54) is 6.08 Å². The van der Waals surface area contributed by atoms with Crippen LogP contribution >= 0.6 is 11.8 Å². The van der Waals surface area contributed by atoms with E-state index in [1.54, 1.807) is 30.2 Å². The van der Waals surface area contributed by atoms with Gasteiger partial charge in [-0.2, -0.15) is 0 Å². The van der Waals surface area contributed by atoms with Gasteiger partial charge in [0, 0.05) is 29.1 Å². The maximum absolute atomic E-state index is 11.8. The standard InChI is InChI=1S/C15H14N2OS/c1-19-14-4-2-3-13(11-14)17-15(18)6-5-12-7-9-16-10-8-12/h2-11H,1H3,(H,17,18). The predicted octanol–water partition coefficient (Wildman–Crippen LogP) is 3.46. The van der Waals surface area contributed by atoms with Crippen molar-refractivity contribution in [2.75, 3.05) is 11.6 Å². The van der Waals surface area contributed by atoms with E-state index in [0.29, 0.717) is 0 Å². The number of nitrogens with one attached hydrogen (secondary N) is 1. The SMILES string of the molecule is CSc1cccc(NC(=O)C=Cc2ccncc2)c1. The van der Waals surface area contributed by atoms with Crippen LogP contribution in [0.1, 0.15) is 5.56 Å². The van der Waals surface area contributed by atoms with Crippen LogP contribution in [0.15, 0.2) is 59.8 Å². The van der Waals surface area contributed by atoms with Crippen molar-refractivity contribution in [2.24, 2.45) is 0 Å². The Hall–Kier alpha value is -2.07. The molecular formula is C15H14N2OS. The molecule has 1 N–H and O–H groups in total. The molecule has 0 saturated heterocycles. The summed E-state index contributed by atoms with van der Waals surface area (Å²) in [5.41, 5.74) is 1.75. The number of benzene rings is 1. The number of carbonyl (C=O) groups excluding carboxylic acids is 1. The van der Waals surface area contributed by atoms with Gasteiger partial charge in [-0.3, -0.25) is 9.78 Å². The maximum atomic E-state index is 11.8. The smallest absolute Gasteiger partial charge is 0.248 e. The van der Waals surface area contributed by atoms with Crippen LogP contribution in [-0.4, -0.2) is 17.1 Å². The van der Waals surface area contributed by atoms with Crippen molar-refractivity contribution in [3.63, 3.8) is 0 Å². The number of anilines is 1. The molecule has 0 saturated carbocycles. The molecule has 0 radical (unpaired) electrons. The lowest BCUT2D eigenvalue weighted by molar-refractivity contribution is -0.111. The van der Waals surface area contributed by atoms with E-state index in [4.69, 9.17) is 0 Å². The summed E-state index contributed by atoms with van der Waals surface area (Å²) in [6.07, 6.45) is 8.67. The van der Waals surface area contributed by atoms with E-state index in [9.17, 15) is 4.79 Å². The Morgan fingerprint density at radius 2 is 2.05 bits per heavy atom. The third-order valence-electron chi connectivity index (χ3n) is 2.47. The summed E-state index contributed by atoms with van der Waals surface area (Å²) in [5.74, 6) is -0.143. The molecule has 1 aromatic carbocycles. The molecule has 0 aliphatic heterocycles. The summed E-state index contributed by atoms with van der Waals surface area (Å²) < 4.78 is 0. The van der Waals surface area contributed by atoms with Crippen molar-refractivity contribution in [3.8, 4) is 0 Å². The lowest BCUT2D eigenvalue weighted by atomic mass is 10.2. The van der Waals surface area contributed by atoms with E-state index in [2.05, 4.69) is 10.3 Å². The number of hydrogen-bond donors (Lipinski definition) is 1. The second-order valence-electron chi connectivity index (χ2n) is 3.84. The van der Waals surface area contributed by atoms with E-state index in [0.717, 1.165) is 16.1 Å². The molecule has 0 atom stereocenters. The number of carbonyl (C=O) groups is 1. The van der Waals surface area contributed by atoms with Crippen molar-refractivity contribution >= 4 is 29.4 Å². The largest absolute Gasteiger partial charge is 0.322 e. The molecule has 19 heavy (non-hydrogen) atoms. The molecular weight excluding hydrogens is 256 g/mol. The number of hydrogen-bond acceptors (Lipinski definition) is 3. The lowest BCUT2D eigenvalue weighted by Crippen LogP contribution is -2.07. The quantitative estimate of drug-likeness (QED) is 0.683. The minimum absolute atomic E-state index is 0.143. The summed E-state index contributed by atoms with van der Waals surface area (Å²) >= 11 is 1.64. The first-order valence-electron chi connectivity index (χ1n) is 5.81. The molecule has 1 heterocycles. The molecule has 0 aliphatic rings. The van der Waals surface area contributed by atoms with Gasteiger partial charge in [0.2, 0.25) is 5.91 Å². The van der Waals surface area contributed by atoms with Crippen LogP contribution < -0.4 is 5.32 Å². The van der Waals surface area contributed by atoms with Gasteiger partial charge >= 0.3 is 0 Å². The monoisotopic (exact) mass is 270 g/mol. The van der Waals surface area contributed by atoms with Crippen LogP contribution in [0.25, 0.3) is 6.08 Å². The lowest BCUT2D eigenvalue weighted by Gasteiger charge is -2.03. The van der Waals surface area contributed by atoms with E-state index in [1.807, 2.05) is 42.7 Å². The average Bonchev–Trinajstić information content (AvgIpc) is 2.46. The third-order valence-corrected chi connectivity index (χ3v) is 3.20. The van der Waals surface area contributed by atoms with E-state index in [-0.39, 0.29) is 5.91 Å². The Morgan fingerprint density at radius 3 is 2.79 bits per heavy atom. The normalized spacial score (nSPS) is 10.6. The fraction of sp³-hybridized carbons (Fsp3) is 0.0667. The summed E-state index contributed by atoms with van der Waals surface area (Å²) in [6.45, 7) is 0. The number of amides is 1. The topological polar surface area (TPSA) is 42.0 Å². The van der Waals surface area contributed by atoms with Crippen molar-refractivity contribution in [1.29, 1.82) is 0 Å². The Labute approximate surface area is 116 Å². The first kappa shape index (κ1) is 13.4. The van der Waals surface area contributed by atoms with Crippen LogP contribution in [0.3, 0.4) is 0 Å². The number of nitrogens with zero attached hydrogens (tertiary/aromatic N) is 1. The van der Waals surface area contributed by atoms with Crippen molar-refractivity contribution in [1.82, 2.24) is 4.98 Å². The summed E-state index contributed by atoms with van der Waals surface area (Å²) in [4.78, 5) is 16.8. The molecule has 2 rings (SSSR count). The zero-order valence-electron chi connectivity index (χ0n) is 10.5. The van der Waals surface area contributed by atoms with E-state index < -0.39 is 0 Å².